The monoisotopic (exact) mass is 278 g/mol. The lowest BCUT2D eigenvalue weighted by atomic mass is 9.71. The van der Waals surface area contributed by atoms with Gasteiger partial charge in [-0.25, -0.2) is 0 Å². The van der Waals surface area contributed by atoms with Crippen LogP contribution in [-0.4, -0.2) is 0 Å². The highest BCUT2D eigenvalue weighted by molar-refractivity contribution is 5.17. The lowest BCUT2D eigenvalue weighted by molar-refractivity contribution is 0.191. The third-order valence-corrected chi connectivity index (χ3v) is 5.18. The summed E-state index contributed by atoms with van der Waals surface area (Å²) in [7, 11) is 0. The fourth-order valence-corrected chi connectivity index (χ4v) is 3.85. The zero-order valence-electron chi connectivity index (χ0n) is 13.0. The first-order valence-electron chi connectivity index (χ1n) is 8.39. The molecule has 0 saturated heterocycles. The predicted molar refractivity (Wildman–Crippen MR) is 90.3 cm³/mol. The minimum Gasteiger partial charge on any atom is -0.0622 e. The van der Waals surface area contributed by atoms with Crippen molar-refractivity contribution in [1.29, 1.82) is 0 Å². The van der Waals surface area contributed by atoms with E-state index in [1.54, 1.807) is 0 Å². The molecule has 0 heteroatoms. The molecule has 3 unspecified atom stereocenters. The van der Waals surface area contributed by atoms with E-state index in [-0.39, 0.29) is 0 Å². The molecule has 0 aliphatic heterocycles. The van der Waals surface area contributed by atoms with Crippen molar-refractivity contribution < 1.29 is 0 Å². The Morgan fingerprint density at radius 2 is 1.33 bits per heavy atom. The highest BCUT2D eigenvalue weighted by Gasteiger charge is 2.27. The largest absolute Gasteiger partial charge is 0.0622 e. The van der Waals surface area contributed by atoms with Crippen LogP contribution in [0.2, 0.25) is 0 Å². The maximum atomic E-state index is 2.45. The van der Waals surface area contributed by atoms with Gasteiger partial charge in [0.05, 0.1) is 0 Å². The Labute approximate surface area is 129 Å². The van der Waals surface area contributed by atoms with Crippen LogP contribution in [0.15, 0.2) is 60.7 Å². The Bertz CT molecular complexity index is 528. The van der Waals surface area contributed by atoms with Gasteiger partial charge in [-0.05, 0) is 54.6 Å². The average molecular weight is 278 g/mol. The Hall–Kier alpha value is -1.56. The molecule has 1 aliphatic rings. The molecule has 0 nitrogen and oxygen atoms in total. The molecule has 1 aliphatic carbocycles. The summed E-state index contributed by atoms with van der Waals surface area (Å²) in [4.78, 5) is 0. The Morgan fingerprint density at radius 1 is 0.762 bits per heavy atom. The lowest BCUT2D eigenvalue weighted by Gasteiger charge is -2.34. The van der Waals surface area contributed by atoms with Gasteiger partial charge in [0.25, 0.3) is 0 Å². The van der Waals surface area contributed by atoms with Crippen LogP contribution in [0.5, 0.6) is 0 Å². The minimum atomic E-state index is 0.856. The van der Waals surface area contributed by atoms with E-state index in [2.05, 4.69) is 67.6 Å². The van der Waals surface area contributed by atoms with Crippen LogP contribution >= 0.6 is 0 Å². The molecule has 2 aromatic rings. The van der Waals surface area contributed by atoms with E-state index in [9.17, 15) is 0 Å². The highest BCUT2D eigenvalue weighted by Crippen LogP contribution is 2.37. The summed E-state index contributed by atoms with van der Waals surface area (Å²) in [5.41, 5.74) is 3.02. The normalized spacial score (nSPS) is 25.7. The van der Waals surface area contributed by atoms with Crippen LogP contribution < -0.4 is 0 Å². The van der Waals surface area contributed by atoms with Gasteiger partial charge in [0.15, 0.2) is 0 Å². The highest BCUT2D eigenvalue weighted by atomic mass is 14.3. The SMILES string of the molecule is CC1CCC(Cc2ccccc2)CC1Cc1ccccc1. The van der Waals surface area contributed by atoms with Crippen LogP contribution in [0.4, 0.5) is 0 Å². The van der Waals surface area contributed by atoms with E-state index in [4.69, 9.17) is 0 Å². The van der Waals surface area contributed by atoms with Crippen LogP contribution in [0, 0.1) is 17.8 Å². The zero-order valence-corrected chi connectivity index (χ0v) is 13.0. The van der Waals surface area contributed by atoms with Crippen LogP contribution in [0.1, 0.15) is 37.3 Å². The van der Waals surface area contributed by atoms with E-state index >= 15 is 0 Å². The Kier molecular flexibility index (Phi) is 4.75. The van der Waals surface area contributed by atoms with Gasteiger partial charge in [0, 0.05) is 0 Å². The lowest BCUT2D eigenvalue weighted by Crippen LogP contribution is -2.25. The molecule has 3 rings (SSSR count). The second kappa shape index (κ2) is 6.93. The van der Waals surface area contributed by atoms with Crippen molar-refractivity contribution in [2.75, 3.05) is 0 Å². The van der Waals surface area contributed by atoms with Crippen molar-refractivity contribution in [2.45, 2.75) is 39.0 Å². The van der Waals surface area contributed by atoms with Gasteiger partial charge < -0.3 is 0 Å². The summed E-state index contributed by atoms with van der Waals surface area (Å²) in [6, 6.07) is 22.0. The van der Waals surface area contributed by atoms with Crippen molar-refractivity contribution in [3.05, 3.63) is 71.8 Å². The number of hydrogen-bond acceptors (Lipinski definition) is 0. The topological polar surface area (TPSA) is 0 Å². The molecular weight excluding hydrogens is 252 g/mol. The standard InChI is InChI=1S/C21H26/c1-17-12-13-20(14-18-8-4-2-5-9-18)16-21(17)15-19-10-6-3-7-11-19/h2-11,17,20-21H,12-16H2,1H3. The molecule has 0 bridgehead atoms. The van der Waals surface area contributed by atoms with E-state index in [1.165, 1.54) is 43.2 Å². The number of benzene rings is 2. The fourth-order valence-electron chi connectivity index (χ4n) is 3.85. The van der Waals surface area contributed by atoms with Gasteiger partial charge in [0.1, 0.15) is 0 Å². The molecule has 0 amide bonds. The van der Waals surface area contributed by atoms with Crippen molar-refractivity contribution in [2.24, 2.45) is 17.8 Å². The average Bonchev–Trinajstić information content (AvgIpc) is 2.53. The zero-order chi connectivity index (χ0) is 14.5. The maximum Gasteiger partial charge on any atom is -0.0248 e. The minimum absolute atomic E-state index is 0.856. The second-order valence-electron chi connectivity index (χ2n) is 6.80. The second-order valence-corrected chi connectivity index (χ2v) is 6.80. The summed E-state index contributed by atoms with van der Waals surface area (Å²) < 4.78 is 0. The summed E-state index contributed by atoms with van der Waals surface area (Å²) >= 11 is 0. The molecule has 0 radical (unpaired) electrons. The molecule has 21 heavy (non-hydrogen) atoms. The summed E-state index contributed by atoms with van der Waals surface area (Å²) in [5, 5.41) is 0. The van der Waals surface area contributed by atoms with Crippen molar-refractivity contribution in [3.8, 4) is 0 Å². The molecule has 1 saturated carbocycles. The maximum absolute atomic E-state index is 2.45. The van der Waals surface area contributed by atoms with Crippen molar-refractivity contribution >= 4 is 0 Å². The number of rotatable bonds is 4. The first kappa shape index (κ1) is 14.4. The third kappa shape index (κ3) is 3.97. The molecule has 0 aromatic heterocycles. The first-order chi connectivity index (χ1) is 10.3. The molecule has 0 heterocycles. The smallest absolute Gasteiger partial charge is 0.0248 e. The summed E-state index contributed by atoms with van der Waals surface area (Å²) in [6.45, 7) is 2.45. The van der Waals surface area contributed by atoms with E-state index < -0.39 is 0 Å². The predicted octanol–water partition coefficient (Wildman–Crippen LogP) is 5.52. The number of hydrogen-bond donors (Lipinski definition) is 0. The van der Waals surface area contributed by atoms with Gasteiger partial charge in [-0.1, -0.05) is 74.0 Å². The van der Waals surface area contributed by atoms with Crippen LogP contribution in [0.25, 0.3) is 0 Å². The molecular formula is C21H26. The molecule has 2 aromatic carbocycles. The third-order valence-electron chi connectivity index (χ3n) is 5.18. The Balaban J connectivity index is 1.62. The molecule has 1 fully saturated rings. The molecule has 3 atom stereocenters. The fraction of sp³-hybridized carbons (Fsp3) is 0.429. The van der Waals surface area contributed by atoms with Gasteiger partial charge in [-0.2, -0.15) is 0 Å². The van der Waals surface area contributed by atoms with Gasteiger partial charge in [-0.3, -0.25) is 0 Å². The molecule has 0 N–H and O–H groups in total. The van der Waals surface area contributed by atoms with Gasteiger partial charge >= 0.3 is 0 Å². The quantitative estimate of drug-likeness (QED) is 0.690. The van der Waals surface area contributed by atoms with Gasteiger partial charge in [0.2, 0.25) is 0 Å². The van der Waals surface area contributed by atoms with Crippen molar-refractivity contribution in [1.82, 2.24) is 0 Å². The van der Waals surface area contributed by atoms with Gasteiger partial charge in [-0.15, -0.1) is 0 Å². The summed E-state index contributed by atoms with van der Waals surface area (Å²) in [6.07, 6.45) is 6.72. The van der Waals surface area contributed by atoms with E-state index in [0.717, 1.165) is 17.8 Å². The summed E-state index contributed by atoms with van der Waals surface area (Å²) in [5.74, 6) is 2.60. The van der Waals surface area contributed by atoms with Crippen LogP contribution in [0.3, 0.4) is 0 Å². The Morgan fingerprint density at radius 3 is 1.95 bits per heavy atom. The molecule has 110 valence electrons. The van der Waals surface area contributed by atoms with Crippen LogP contribution in [-0.2, 0) is 12.8 Å². The van der Waals surface area contributed by atoms with E-state index in [0.29, 0.717) is 0 Å². The first-order valence-corrected chi connectivity index (χ1v) is 8.39. The van der Waals surface area contributed by atoms with E-state index in [1.807, 2.05) is 0 Å². The van der Waals surface area contributed by atoms with Crippen molar-refractivity contribution in [3.63, 3.8) is 0 Å². The molecule has 0 spiro atoms.